The Morgan fingerprint density at radius 3 is 2.19 bits per heavy atom. The van der Waals surface area contributed by atoms with Crippen molar-refractivity contribution in [1.29, 1.82) is 0 Å². The molecule has 106 valence electrons. The van der Waals surface area contributed by atoms with E-state index < -0.39 is 21.4 Å². The van der Waals surface area contributed by atoms with E-state index in [1.54, 1.807) is 30.3 Å². The van der Waals surface area contributed by atoms with Gasteiger partial charge in [0.2, 0.25) is 0 Å². The van der Waals surface area contributed by atoms with Gasteiger partial charge in [0, 0.05) is 23.9 Å². The van der Waals surface area contributed by atoms with Crippen LogP contribution in [0.15, 0.2) is 48.5 Å². The fraction of sp³-hybridized carbons (Fsp3) is 0. The summed E-state index contributed by atoms with van der Waals surface area (Å²) in [6, 6.07) is 11.1. The Balaban J connectivity index is 2.40. The van der Waals surface area contributed by atoms with Crippen LogP contribution in [0, 0.1) is 20.2 Å². The van der Waals surface area contributed by atoms with Gasteiger partial charge in [0.05, 0.1) is 9.85 Å². The molecule has 0 saturated carbocycles. The second-order valence-electron chi connectivity index (χ2n) is 4.04. The number of non-ortho nitro benzene ring substituents is 1. The summed E-state index contributed by atoms with van der Waals surface area (Å²) >= 11 is 0. The average molecular weight is 287 g/mol. The molecule has 0 fully saturated rings. The molecular formula is C13H9N3O5. The Hall–Kier alpha value is -3.29. The van der Waals surface area contributed by atoms with E-state index in [4.69, 9.17) is 0 Å². The van der Waals surface area contributed by atoms with Crippen molar-refractivity contribution in [1.82, 2.24) is 0 Å². The van der Waals surface area contributed by atoms with Crippen LogP contribution >= 0.6 is 0 Å². The number of nitrogens with zero attached hydrogens (tertiary/aromatic N) is 2. The van der Waals surface area contributed by atoms with Gasteiger partial charge in [-0.2, -0.15) is 0 Å². The molecule has 0 heterocycles. The standard InChI is InChI=1S/C13H9N3O5/c17-13(14-9-4-2-1-3-5-9)11-8-10(15(18)19)6-7-12(11)16(20)21/h1-8H,(H,14,17). The minimum atomic E-state index is -0.781. The zero-order valence-corrected chi connectivity index (χ0v) is 10.6. The van der Waals surface area contributed by atoms with Crippen LogP contribution < -0.4 is 5.32 Å². The van der Waals surface area contributed by atoms with Gasteiger partial charge in [0.1, 0.15) is 5.56 Å². The zero-order chi connectivity index (χ0) is 15.4. The third-order valence-electron chi connectivity index (χ3n) is 2.66. The van der Waals surface area contributed by atoms with Gasteiger partial charge < -0.3 is 5.32 Å². The number of carbonyl (C=O) groups excluding carboxylic acids is 1. The molecule has 8 heteroatoms. The number of nitro groups is 2. The molecule has 2 aromatic carbocycles. The van der Waals surface area contributed by atoms with Gasteiger partial charge in [-0.15, -0.1) is 0 Å². The molecule has 2 rings (SSSR count). The number of nitro benzene ring substituents is 2. The molecule has 0 aromatic heterocycles. The Morgan fingerprint density at radius 2 is 1.62 bits per heavy atom. The monoisotopic (exact) mass is 287 g/mol. The highest BCUT2D eigenvalue weighted by atomic mass is 16.6. The van der Waals surface area contributed by atoms with E-state index in [-0.39, 0.29) is 11.3 Å². The molecule has 0 radical (unpaired) electrons. The molecule has 1 N–H and O–H groups in total. The molecule has 1 amide bonds. The predicted molar refractivity (Wildman–Crippen MR) is 74.1 cm³/mol. The number of hydrogen-bond donors (Lipinski definition) is 1. The SMILES string of the molecule is O=C(Nc1ccccc1)c1cc([N+](=O)[O-])ccc1[N+](=O)[O-]. The van der Waals surface area contributed by atoms with Gasteiger partial charge in [-0.1, -0.05) is 18.2 Å². The van der Waals surface area contributed by atoms with E-state index in [1.807, 2.05) is 0 Å². The Morgan fingerprint density at radius 1 is 0.952 bits per heavy atom. The molecule has 0 unspecified atom stereocenters. The fourth-order valence-corrected chi connectivity index (χ4v) is 1.70. The first-order valence-corrected chi connectivity index (χ1v) is 5.78. The lowest BCUT2D eigenvalue weighted by Gasteiger charge is -2.05. The number of rotatable bonds is 4. The fourth-order valence-electron chi connectivity index (χ4n) is 1.70. The molecule has 21 heavy (non-hydrogen) atoms. The maximum absolute atomic E-state index is 12.1. The quantitative estimate of drug-likeness (QED) is 0.685. The zero-order valence-electron chi connectivity index (χ0n) is 10.6. The van der Waals surface area contributed by atoms with Crippen LogP contribution in [0.2, 0.25) is 0 Å². The second-order valence-corrected chi connectivity index (χ2v) is 4.04. The van der Waals surface area contributed by atoms with Gasteiger partial charge in [0.25, 0.3) is 17.3 Å². The lowest BCUT2D eigenvalue weighted by molar-refractivity contribution is -0.389. The molecule has 0 bridgehead atoms. The molecule has 2 aromatic rings. The van der Waals surface area contributed by atoms with E-state index in [0.717, 1.165) is 18.2 Å². The van der Waals surface area contributed by atoms with Gasteiger partial charge >= 0.3 is 0 Å². The van der Waals surface area contributed by atoms with Crippen LogP contribution in [-0.2, 0) is 0 Å². The van der Waals surface area contributed by atoms with E-state index >= 15 is 0 Å². The van der Waals surface area contributed by atoms with Crippen molar-refractivity contribution in [2.45, 2.75) is 0 Å². The molecule has 0 atom stereocenters. The number of nitrogens with one attached hydrogen (secondary N) is 1. The molecule has 0 aliphatic heterocycles. The number of para-hydroxylation sites is 1. The van der Waals surface area contributed by atoms with Crippen molar-refractivity contribution in [3.8, 4) is 0 Å². The van der Waals surface area contributed by atoms with Crippen LogP contribution in [0.5, 0.6) is 0 Å². The van der Waals surface area contributed by atoms with Crippen molar-refractivity contribution in [3.05, 3.63) is 74.3 Å². The lowest BCUT2D eigenvalue weighted by Crippen LogP contribution is -2.14. The topological polar surface area (TPSA) is 115 Å². The van der Waals surface area contributed by atoms with Crippen LogP contribution in [0.1, 0.15) is 10.4 Å². The van der Waals surface area contributed by atoms with Crippen LogP contribution in [0.4, 0.5) is 17.1 Å². The number of hydrogen-bond acceptors (Lipinski definition) is 5. The van der Waals surface area contributed by atoms with Gasteiger partial charge in [-0.3, -0.25) is 25.0 Å². The number of carbonyl (C=O) groups is 1. The van der Waals surface area contributed by atoms with Crippen molar-refractivity contribution >= 4 is 23.0 Å². The van der Waals surface area contributed by atoms with Crippen molar-refractivity contribution in [3.63, 3.8) is 0 Å². The van der Waals surface area contributed by atoms with E-state index in [0.29, 0.717) is 5.69 Å². The predicted octanol–water partition coefficient (Wildman–Crippen LogP) is 2.76. The number of amides is 1. The second kappa shape index (κ2) is 5.78. The van der Waals surface area contributed by atoms with Crippen LogP contribution in [-0.4, -0.2) is 15.8 Å². The normalized spacial score (nSPS) is 9.90. The lowest BCUT2D eigenvalue weighted by atomic mass is 10.1. The van der Waals surface area contributed by atoms with Gasteiger partial charge in [-0.05, 0) is 12.1 Å². The summed E-state index contributed by atoms with van der Waals surface area (Å²) in [5.74, 6) is -0.781. The minimum Gasteiger partial charge on any atom is -0.322 e. The Kier molecular flexibility index (Phi) is 3.89. The smallest absolute Gasteiger partial charge is 0.282 e. The first kappa shape index (κ1) is 14.1. The summed E-state index contributed by atoms with van der Waals surface area (Å²) < 4.78 is 0. The highest BCUT2D eigenvalue weighted by Crippen LogP contribution is 2.25. The minimum absolute atomic E-state index is 0.363. The number of anilines is 1. The summed E-state index contributed by atoms with van der Waals surface area (Å²) in [5.41, 5.74) is -0.811. The summed E-state index contributed by atoms with van der Waals surface area (Å²) in [6.07, 6.45) is 0. The molecule has 8 nitrogen and oxygen atoms in total. The largest absolute Gasteiger partial charge is 0.322 e. The summed E-state index contributed by atoms with van der Waals surface area (Å²) in [7, 11) is 0. The maximum Gasteiger partial charge on any atom is 0.282 e. The van der Waals surface area contributed by atoms with Crippen molar-refractivity contribution < 1.29 is 14.6 Å². The average Bonchev–Trinajstić information content (AvgIpc) is 2.47. The maximum atomic E-state index is 12.1. The highest BCUT2D eigenvalue weighted by Gasteiger charge is 2.23. The first-order valence-electron chi connectivity index (χ1n) is 5.78. The third kappa shape index (κ3) is 3.18. The molecular weight excluding hydrogens is 278 g/mol. The molecule has 0 spiro atoms. The van der Waals surface area contributed by atoms with Crippen molar-refractivity contribution in [2.24, 2.45) is 0 Å². The van der Waals surface area contributed by atoms with E-state index in [1.165, 1.54) is 0 Å². The number of benzene rings is 2. The molecule has 0 saturated heterocycles. The van der Waals surface area contributed by atoms with Crippen molar-refractivity contribution in [2.75, 3.05) is 5.32 Å². The Bertz CT molecular complexity index is 715. The van der Waals surface area contributed by atoms with E-state index in [2.05, 4.69) is 5.32 Å². The highest BCUT2D eigenvalue weighted by molar-refractivity contribution is 6.07. The molecule has 0 aliphatic rings. The van der Waals surface area contributed by atoms with Gasteiger partial charge in [-0.25, -0.2) is 0 Å². The summed E-state index contributed by atoms with van der Waals surface area (Å²) in [6.45, 7) is 0. The first-order chi connectivity index (χ1) is 9.99. The summed E-state index contributed by atoms with van der Waals surface area (Å²) in [5, 5.41) is 24.1. The Labute approximate surface area is 118 Å². The van der Waals surface area contributed by atoms with Crippen LogP contribution in [0.25, 0.3) is 0 Å². The summed E-state index contributed by atoms with van der Waals surface area (Å²) in [4.78, 5) is 32.2. The van der Waals surface area contributed by atoms with Gasteiger partial charge in [0.15, 0.2) is 0 Å². The van der Waals surface area contributed by atoms with E-state index in [9.17, 15) is 25.0 Å². The third-order valence-corrected chi connectivity index (χ3v) is 2.66. The molecule has 0 aliphatic carbocycles. The van der Waals surface area contributed by atoms with Crippen LogP contribution in [0.3, 0.4) is 0 Å².